The number of aromatic carboxylic acids is 1. The van der Waals surface area contributed by atoms with Crippen LogP contribution in [0, 0.1) is 40.2 Å². The third-order valence-electron chi connectivity index (χ3n) is 9.75. The molecule has 3 aromatic carbocycles. The van der Waals surface area contributed by atoms with Gasteiger partial charge in [-0.3, -0.25) is 14.5 Å². The lowest BCUT2D eigenvalue weighted by Crippen LogP contribution is -2.53. The van der Waals surface area contributed by atoms with Gasteiger partial charge in [-0.25, -0.2) is 13.6 Å². The summed E-state index contributed by atoms with van der Waals surface area (Å²) in [7, 11) is 1.33. The van der Waals surface area contributed by atoms with Gasteiger partial charge in [0.2, 0.25) is 0 Å². The maximum Gasteiger partial charge on any atom is 0.335 e. The van der Waals surface area contributed by atoms with Crippen molar-refractivity contribution in [3.63, 3.8) is 0 Å². The number of fused-ring (bicyclic) bond motifs is 1. The number of anilines is 1. The average molecular weight is 739 g/mol. The Morgan fingerprint density at radius 1 is 1.12 bits per heavy atom. The van der Waals surface area contributed by atoms with Crippen LogP contribution < -0.4 is 9.64 Å². The molecule has 1 aliphatic carbocycles. The highest BCUT2D eigenvalue weighted by molar-refractivity contribution is 6.31. The van der Waals surface area contributed by atoms with E-state index < -0.39 is 64.4 Å². The molecule has 3 aromatic rings. The second-order valence-electron chi connectivity index (χ2n) is 14.1. The first-order valence-electron chi connectivity index (χ1n) is 16.4. The van der Waals surface area contributed by atoms with Crippen molar-refractivity contribution in [1.82, 2.24) is 4.90 Å². The van der Waals surface area contributed by atoms with Crippen molar-refractivity contribution < 1.29 is 37.7 Å². The Balaban J connectivity index is 1.73. The first kappa shape index (κ1) is 36.1. The molecular weight excluding hydrogens is 703 g/mol. The summed E-state index contributed by atoms with van der Waals surface area (Å²) >= 11 is 12.5. The summed E-state index contributed by atoms with van der Waals surface area (Å²) in [5.41, 5.74) is -2.90. The second kappa shape index (κ2) is 13.1. The number of carboxylic acids is 1. The number of hydrogen-bond acceptors (Lipinski definition) is 7. The molecule has 51 heavy (non-hydrogen) atoms. The van der Waals surface area contributed by atoms with E-state index in [2.05, 4.69) is 6.07 Å². The molecular formula is C38H35Cl2F2N3O6. The van der Waals surface area contributed by atoms with Crippen LogP contribution in [-0.4, -0.2) is 53.8 Å². The largest absolute Gasteiger partial charge is 0.495 e. The number of carboxylic acid groups (broad SMARTS) is 1. The van der Waals surface area contributed by atoms with Crippen LogP contribution in [0.5, 0.6) is 5.75 Å². The Bertz CT molecular complexity index is 2040. The molecule has 6 rings (SSSR count). The van der Waals surface area contributed by atoms with E-state index in [9.17, 15) is 20.0 Å². The molecule has 0 spiro atoms. The number of carbonyl (C=O) groups is 3. The smallest absolute Gasteiger partial charge is 0.335 e. The molecule has 2 heterocycles. The van der Waals surface area contributed by atoms with Gasteiger partial charge >= 0.3 is 11.9 Å². The molecule has 9 nitrogen and oxygen atoms in total. The lowest BCUT2D eigenvalue weighted by molar-refractivity contribution is -0.145. The third kappa shape index (κ3) is 5.88. The van der Waals surface area contributed by atoms with Crippen molar-refractivity contribution in [3.05, 3.63) is 98.7 Å². The van der Waals surface area contributed by atoms with E-state index in [0.717, 1.165) is 6.07 Å². The summed E-state index contributed by atoms with van der Waals surface area (Å²) in [6.45, 7) is 7.61. The lowest BCUT2D eigenvalue weighted by Gasteiger charge is -2.43. The predicted octanol–water partition coefficient (Wildman–Crippen LogP) is 7.84. The third-order valence-corrected chi connectivity index (χ3v) is 10.3. The van der Waals surface area contributed by atoms with E-state index in [1.54, 1.807) is 11.8 Å². The quantitative estimate of drug-likeness (QED) is 0.221. The van der Waals surface area contributed by atoms with E-state index >= 15 is 13.6 Å². The van der Waals surface area contributed by atoms with E-state index in [1.807, 2.05) is 20.8 Å². The number of carbonyl (C=O) groups excluding carboxylic acids is 2. The SMILES string of the molecule is CCOC(=O)[C@H]1C[C@@H]1[C@@H]1N(c2ccc(C(=O)O)cc2OC)C(=O)C2=C(c3cccc(Cl)c3F)[C@@](C#N)(c3ccc(Cl)cc3F)[C@H](CC(C)(C)C)N21. The molecule has 5 atom stereocenters. The molecule has 2 fully saturated rings. The molecule has 266 valence electrons. The fourth-order valence-electron chi connectivity index (χ4n) is 7.65. The van der Waals surface area contributed by atoms with Gasteiger partial charge in [-0.15, -0.1) is 0 Å². The summed E-state index contributed by atoms with van der Waals surface area (Å²) in [6, 6.07) is 13.5. The summed E-state index contributed by atoms with van der Waals surface area (Å²) < 4.78 is 43.7. The molecule has 3 aliphatic rings. The molecule has 13 heteroatoms. The van der Waals surface area contributed by atoms with Crippen LogP contribution in [0.25, 0.3) is 5.57 Å². The number of ether oxygens (including phenoxy) is 2. The van der Waals surface area contributed by atoms with Gasteiger partial charge in [0.15, 0.2) is 0 Å². The Morgan fingerprint density at radius 2 is 1.84 bits per heavy atom. The van der Waals surface area contributed by atoms with Crippen molar-refractivity contribution in [2.45, 2.75) is 58.2 Å². The standard InChI is InChI=1S/C38H35Cl2F2N3O6/c1-6-51-36(49)23-16-22(23)33-44(27-13-10-19(35(47)48)14-28(27)50-5)34(46)32-30(21-8-7-9-25(40)31(21)42)38(18-43,24-12-11-20(39)15-26(24)41)29(45(32)33)17-37(2,3)4/h7-15,22-23,29,33H,6,16-17H2,1-5H3,(H,47,48)/t22-,23-,29-,33+,38-/m0/s1. The molecule has 0 aromatic heterocycles. The van der Waals surface area contributed by atoms with Gasteiger partial charge in [0.1, 0.15) is 34.7 Å². The van der Waals surface area contributed by atoms with Crippen LogP contribution in [0.15, 0.2) is 60.3 Å². The van der Waals surface area contributed by atoms with Gasteiger partial charge in [-0.05, 0) is 61.6 Å². The minimum atomic E-state index is -1.99. The fourth-order valence-corrected chi connectivity index (χ4v) is 7.98. The van der Waals surface area contributed by atoms with E-state index in [1.165, 1.54) is 60.5 Å². The topological polar surface area (TPSA) is 120 Å². The maximum atomic E-state index is 16.4. The Labute approximate surface area is 303 Å². The number of esters is 1. The van der Waals surface area contributed by atoms with Gasteiger partial charge in [0, 0.05) is 27.6 Å². The summed E-state index contributed by atoms with van der Waals surface area (Å²) in [5.74, 6) is -5.24. The van der Waals surface area contributed by atoms with Crippen LogP contribution in [0.1, 0.15) is 62.0 Å². The number of benzene rings is 3. The number of rotatable bonds is 9. The van der Waals surface area contributed by atoms with Crippen molar-refractivity contribution in [2.24, 2.45) is 17.3 Å². The molecule has 1 amide bonds. The van der Waals surface area contributed by atoms with Crippen LogP contribution in [0.3, 0.4) is 0 Å². The van der Waals surface area contributed by atoms with Crippen molar-refractivity contribution in [2.75, 3.05) is 18.6 Å². The second-order valence-corrected chi connectivity index (χ2v) is 14.9. The first-order chi connectivity index (χ1) is 24.1. The van der Waals surface area contributed by atoms with Gasteiger partial charge < -0.3 is 19.5 Å². The van der Waals surface area contributed by atoms with Gasteiger partial charge in [-0.2, -0.15) is 5.26 Å². The Kier molecular flexibility index (Phi) is 9.32. The number of methoxy groups -OCH3 is 1. The monoisotopic (exact) mass is 737 g/mol. The fraction of sp³-hybridized carbons (Fsp3) is 0.368. The summed E-state index contributed by atoms with van der Waals surface area (Å²) in [4.78, 5) is 43.4. The summed E-state index contributed by atoms with van der Waals surface area (Å²) in [5, 5.41) is 20.9. The zero-order valence-electron chi connectivity index (χ0n) is 28.5. The number of halogens is 4. The molecule has 2 aliphatic heterocycles. The molecule has 0 bridgehead atoms. The molecule has 0 unspecified atom stereocenters. The minimum absolute atomic E-state index is 0.0570. The van der Waals surface area contributed by atoms with E-state index in [-0.39, 0.29) is 62.5 Å². The first-order valence-corrected chi connectivity index (χ1v) is 17.1. The number of hydrogen-bond donors (Lipinski definition) is 1. The highest BCUT2D eigenvalue weighted by Crippen LogP contribution is 2.62. The molecule has 0 radical (unpaired) electrons. The highest BCUT2D eigenvalue weighted by Gasteiger charge is 2.68. The summed E-state index contributed by atoms with van der Waals surface area (Å²) in [6.07, 6.45) is -0.479. The van der Waals surface area contributed by atoms with Crippen molar-refractivity contribution in [3.8, 4) is 11.8 Å². The lowest BCUT2D eigenvalue weighted by atomic mass is 9.65. The van der Waals surface area contributed by atoms with Gasteiger partial charge in [-0.1, -0.05) is 62.2 Å². The molecule has 1 saturated heterocycles. The van der Waals surface area contributed by atoms with Crippen molar-refractivity contribution >= 4 is 52.3 Å². The van der Waals surface area contributed by atoms with E-state index in [4.69, 9.17) is 32.7 Å². The molecule has 1 N–H and O–H groups in total. The van der Waals surface area contributed by atoms with Crippen LogP contribution in [0.4, 0.5) is 14.5 Å². The molecule has 1 saturated carbocycles. The van der Waals surface area contributed by atoms with E-state index in [0.29, 0.717) is 6.42 Å². The zero-order chi connectivity index (χ0) is 37.2. The number of amides is 1. The number of nitriles is 1. The van der Waals surface area contributed by atoms with Crippen LogP contribution in [0.2, 0.25) is 10.0 Å². The zero-order valence-corrected chi connectivity index (χ0v) is 30.0. The average Bonchev–Trinajstić information content (AvgIpc) is 3.75. The minimum Gasteiger partial charge on any atom is -0.495 e. The Morgan fingerprint density at radius 3 is 2.45 bits per heavy atom. The highest BCUT2D eigenvalue weighted by atomic mass is 35.5. The number of nitrogens with zero attached hydrogens (tertiary/aromatic N) is 3. The van der Waals surface area contributed by atoms with Gasteiger partial charge in [0.25, 0.3) is 5.91 Å². The Hall–Kier alpha value is -4.66. The predicted molar refractivity (Wildman–Crippen MR) is 186 cm³/mol. The van der Waals surface area contributed by atoms with Gasteiger partial charge in [0.05, 0.1) is 48.0 Å². The normalized spacial score (nSPS) is 24.0. The van der Waals surface area contributed by atoms with Crippen LogP contribution in [-0.2, 0) is 19.7 Å². The van der Waals surface area contributed by atoms with Crippen molar-refractivity contribution in [1.29, 1.82) is 5.26 Å². The van der Waals surface area contributed by atoms with Crippen LogP contribution >= 0.6 is 23.2 Å². The maximum absolute atomic E-state index is 16.4.